The average molecular weight is 483 g/mol. The highest BCUT2D eigenvalue weighted by Crippen LogP contribution is 2.22. The van der Waals surface area contributed by atoms with E-state index in [1.807, 2.05) is 0 Å². The number of hydrogen-bond donors (Lipinski definition) is 0. The van der Waals surface area contributed by atoms with Gasteiger partial charge in [-0.1, -0.05) is 23.5 Å². The van der Waals surface area contributed by atoms with Gasteiger partial charge in [0.2, 0.25) is 0 Å². The van der Waals surface area contributed by atoms with Gasteiger partial charge < -0.3 is 9.30 Å². The van der Waals surface area contributed by atoms with Crippen LogP contribution in [0.5, 0.6) is 0 Å². The highest BCUT2D eigenvalue weighted by atomic mass is 32.2. The minimum atomic E-state index is -3.68. The maximum Gasteiger partial charge on any atom is 0.325 e. The number of carbonyl (C=O) groups excluding carboxylic acids is 2. The van der Waals surface area contributed by atoms with Crippen LogP contribution in [0, 0.1) is 0 Å². The summed E-state index contributed by atoms with van der Waals surface area (Å²) in [6.07, 6.45) is 2.06. The average Bonchev–Trinajstić information content (AvgIpc) is 3.02. The van der Waals surface area contributed by atoms with Gasteiger partial charge in [-0.2, -0.15) is 4.99 Å². The van der Waals surface area contributed by atoms with E-state index >= 15 is 0 Å². The number of aromatic nitrogens is 1. The van der Waals surface area contributed by atoms with Crippen LogP contribution in [-0.2, 0) is 35.8 Å². The maximum absolute atomic E-state index is 12.8. The molecule has 0 aliphatic heterocycles. The van der Waals surface area contributed by atoms with Gasteiger partial charge in [-0.05, 0) is 30.3 Å². The van der Waals surface area contributed by atoms with E-state index in [0.717, 1.165) is 23.8 Å². The molecule has 1 amide bonds. The zero-order valence-corrected chi connectivity index (χ0v) is 19.2. The van der Waals surface area contributed by atoms with E-state index in [1.54, 1.807) is 0 Å². The van der Waals surface area contributed by atoms with Crippen molar-refractivity contribution in [3.8, 4) is 0 Å². The standard InChI is InChI=1S/C19H18N2O7S3/c1-28-17(22)11-21-14-9-8-12(30(2,24)25)10-15(14)29-19(21)20-18(23)13-6-4-5-7-16(13)31(3,26)27/h4-10H,11H2,1-3H3. The molecule has 0 saturated heterocycles. The summed E-state index contributed by atoms with van der Waals surface area (Å²) in [5, 5.41) is 0. The van der Waals surface area contributed by atoms with Crippen LogP contribution < -0.4 is 4.80 Å². The van der Waals surface area contributed by atoms with Crippen molar-refractivity contribution in [1.82, 2.24) is 4.57 Å². The summed E-state index contributed by atoms with van der Waals surface area (Å²) in [5.74, 6) is -1.41. The van der Waals surface area contributed by atoms with Crippen LogP contribution in [0.25, 0.3) is 10.2 Å². The maximum atomic E-state index is 12.8. The molecule has 0 bridgehead atoms. The Labute approximate surface area is 182 Å². The number of hydrogen-bond acceptors (Lipinski definition) is 8. The fraction of sp³-hybridized carbons (Fsp3) is 0.211. The minimum absolute atomic E-state index is 0.0757. The molecule has 12 heteroatoms. The predicted octanol–water partition coefficient (Wildman–Crippen LogP) is 1.42. The molecular weight excluding hydrogens is 464 g/mol. The van der Waals surface area contributed by atoms with E-state index in [-0.39, 0.29) is 26.7 Å². The van der Waals surface area contributed by atoms with Gasteiger partial charge >= 0.3 is 5.97 Å². The van der Waals surface area contributed by atoms with Crippen LogP contribution in [0.15, 0.2) is 57.2 Å². The fourth-order valence-electron chi connectivity index (χ4n) is 2.83. The molecule has 0 spiro atoms. The molecule has 0 fully saturated rings. The molecule has 164 valence electrons. The summed E-state index contributed by atoms with van der Waals surface area (Å²) >= 11 is 0.997. The first-order valence-corrected chi connectivity index (χ1v) is 13.3. The van der Waals surface area contributed by atoms with Gasteiger partial charge in [0.15, 0.2) is 24.5 Å². The number of esters is 1. The molecule has 0 aliphatic carbocycles. The van der Waals surface area contributed by atoms with Crippen LogP contribution >= 0.6 is 11.3 Å². The second kappa shape index (κ2) is 8.36. The molecule has 0 aliphatic rings. The molecule has 0 unspecified atom stereocenters. The van der Waals surface area contributed by atoms with Gasteiger partial charge in [-0.3, -0.25) is 9.59 Å². The van der Waals surface area contributed by atoms with E-state index < -0.39 is 31.6 Å². The van der Waals surface area contributed by atoms with Gasteiger partial charge in [0.05, 0.1) is 32.7 Å². The van der Waals surface area contributed by atoms with Crippen molar-refractivity contribution in [3.05, 3.63) is 52.8 Å². The van der Waals surface area contributed by atoms with Crippen molar-refractivity contribution in [3.63, 3.8) is 0 Å². The number of thiazole rings is 1. The Hall–Kier alpha value is -2.83. The number of benzene rings is 2. The van der Waals surface area contributed by atoms with E-state index in [0.29, 0.717) is 10.2 Å². The van der Waals surface area contributed by atoms with Gasteiger partial charge in [0.1, 0.15) is 6.54 Å². The molecule has 0 N–H and O–H groups in total. The van der Waals surface area contributed by atoms with Crippen molar-refractivity contribution in [2.75, 3.05) is 19.6 Å². The molecule has 0 saturated carbocycles. The molecule has 0 atom stereocenters. The Balaban J connectivity index is 2.25. The summed E-state index contributed by atoms with van der Waals surface area (Å²) in [6, 6.07) is 10.0. The summed E-state index contributed by atoms with van der Waals surface area (Å²) in [6.45, 7) is -0.269. The minimum Gasteiger partial charge on any atom is -0.468 e. The van der Waals surface area contributed by atoms with Crippen LogP contribution in [-0.4, -0.2) is 52.9 Å². The van der Waals surface area contributed by atoms with Gasteiger partial charge in [-0.15, -0.1) is 0 Å². The third kappa shape index (κ3) is 4.92. The van der Waals surface area contributed by atoms with Crippen molar-refractivity contribution < 1.29 is 31.2 Å². The lowest BCUT2D eigenvalue weighted by Crippen LogP contribution is -2.22. The van der Waals surface area contributed by atoms with Crippen LogP contribution in [0.3, 0.4) is 0 Å². The predicted molar refractivity (Wildman–Crippen MR) is 114 cm³/mol. The van der Waals surface area contributed by atoms with Crippen LogP contribution in [0.1, 0.15) is 10.4 Å². The van der Waals surface area contributed by atoms with E-state index in [2.05, 4.69) is 4.99 Å². The number of fused-ring (bicyclic) bond motifs is 1. The fourth-order valence-corrected chi connectivity index (χ4v) is 5.50. The Morgan fingerprint density at radius 3 is 2.32 bits per heavy atom. The quantitative estimate of drug-likeness (QED) is 0.503. The number of ether oxygens (including phenoxy) is 1. The summed E-state index contributed by atoms with van der Waals surface area (Å²) in [7, 11) is -5.94. The van der Waals surface area contributed by atoms with Gasteiger partial charge in [0.25, 0.3) is 5.91 Å². The first-order valence-electron chi connectivity index (χ1n) is 8.70. The third-order valence-electron chi connectivity index (χ3n) is 4.31. The lowest BCUT2D eigenvalue weighted by molar-refractivity contribution is -0.141. The van der Waals surface area contributed by atoms with Crippen LogP contribution in [0.4, 0.5) is 0 Å². The molecule has 0 radical (unpaired) electrons. The highest BCUT2D eigenvalue weighted by Gasteiger charge is 2.19. The molecule has 9 nitrogen and oxygen atoms in total. The molecule has 1 heterocycles. The first-order chi connectivity index (χ1) is 14.4. The SMILES string of the molecule is COC(=O)Cn1c(=NC(=O)c2ccccc2S(C)(=O)=O)sc2cc(S(C)(=O)=O)ccc21. The number of methoxy groups -OCH3 is 1. The molecule has 31 heavy (non-hydrogen) atoms. The normalized spacial score (nSPS) is 12.8. The van der Waals surface area contributed by atoms with Crippen molar-refractivity contribution in [2.45, 2.75) is 16.3 Å². The first kappa shape index (κ1) is 22.8. The zero-order chi connectivity index (χ0) is 23.0. The van der Waals surface area contributed by atoms with E-state index in [4.69, 9.17) is 4.74 Å². The highest BCUT2D eigenvalue weighted by molar-refractivity contribution is 7.91. The number of nitrogens with zero attached hydrogens (tertiary/aromatic N) is 2. The number of amides is 1. The van der Waals surface area contributed by atoms with E-state index in [1.165, 1.54) is 54.1 Å². The Morgan fingerprint density at radius 1 is 1.03 bits per heavy atom. The molecule has 1 aromatic heterocycles. The summed E-state index contributed by atoms with van der Waals surface area (Å²) < 4.78 is 54.4. The smallest absolute Gasteiger partial charge is 0.325 e. The monoisotopic (exact) mass is 482 g/mol. The topological polar surface area (TPSA) is 129 Å². The molecule has 2 aromatic carbocycles. The van der Waals surface area contributed by atoms with Crippen LogP contribution in [0.2, 0.25) is 0 Å². The molecule has 3 aromatic rings. The van der Waals surface area contributed by atoms with Crippen molar-refractivity contribution >= 4 is 53.1 Å². The Bertz CT molecular complexity index is 1480. The third-order valence-corrected chi connectivity index (χ3v) is 7.62. The van der Waals surface area contributed by atoms with Crippen molar-refractivity contribution in [2.24, 2.45) is 4.99 Å². The number of rotatable bonds is 5. The molecule has 3 rings (SSSR count). The Morgan fingerprint density at radius 2 is 1.71 bits per heavy atom. The lowest BCUT2D eigenvalue weighted by atomic mass is 10.2. The second-order valence-electron chi connectivity index (χ2n) is 6.63. The van der Waals surface area contributed by atoms with Gasteiger partial charge in [0, 0.05) is 12.5 Å². The van der Waals surface area contributed by atoms with E-state index in [9.17, 15) is 26.4 Å². The summed E-state index contributed by atoms with van der Waals surface area (Å²) in [4.78, 5) is 28.8. The Kier molecular flexibility index (Phi) is 6.16. The zero-order valence-electron chi connectivity index (χ0n) is 16.7. The second-order valence-corrected chi connectivity index (χ2v) is 11.6. The molecular formula is C19H18N2O7S3. The van der Waals surface area contributed by atoms with Gasteiger partial charge in [-0.25, -0.2) is 16.8 Å². The van der Waals surface area contributed by atoms with Crippen molar-refractivity contribution in [1.29, 1.82) is 0 Å². The number of sulfone groups is 2. The summed E-state index contributed by atoms with van der Waals surface area (Å²) in [5.41, 5.74) is 0.370. The lowest BCUT2D eigenvalue weighted by Gasteiger charge is -2.05. The number of carbonyl (C=O) groups is 2. The largest absolute Gasteiger partial charge is 0.468 e.